The predicted molar refractivity (Wildman–Crippen MR) is 62.0 cm³/mol. The minimum Gasteiger partial charge on any atom is -0.478 e. The molecule has 1 saturated carbocycles. The lowest BCUT2D eigenvalue weighted by Crippen LogP contribution is -2.23. The standard InChI is InChI=1S/C13H15NO2/c15-13(16)11-4-3-10-5-6-14(12(10)7-11)8-9-1-2-9/h3-4,7,9H,1-2,5-6,8H2,(H,15,16). The van der Waals surface area contributed by atoms with Gasteiger partial charge in [0.1, 0.15) is 0 Å². The molecule has 0 unspecified atom stereocenters. The van der Waals surface area contributed by atoms with Crippen LogP contribution in [0.1, 0.15) is 28.8 Å². The number of carbonyl (C=O) groups is 1. The second-order valence-corrected chi connectivity index (χ2v) is 4.79. The van der Waals surface area contributed by atoms with Crippen molar-refractivity contribution in [1.82, 2.24) is 0 Å². The van der Waals surface area contributed by atoms with E-state index in [0.717, 1.165) is 31.1 Å². The molecule has 0 atom stereocenters. The first-order chi connectivity index (χ1) is 7.74. The number of benzene rings is 1. The summed E-state index contributed by atoms with van der Waals surface area (Å²) < 4.78 is 0. The molecular weight excluding hydrogens is 202 g/mol. The van der Waals surface area contributed by atoms with Gasteiger partial charge in [-0.25, -0.2) is 4.79 Å². The maximum absolute atomic E-state index is 10.9. The van der Waals surface area contributed by atoms with Crippen molar-refractivity contribution < 1.29 is 9.90 Å². The van der Waals surface area contributed by atoms with Crippen molar-refractivity contribution in [2.45, 2.75) is 19.3 Å². The molecule has 1 aliphatic heterocycles. The van der Waals surface area contributed by atoms with Gasteiger partial charge >= 0.3 is 5.97 Å². The molecule has 1 heterocycles. The molecule has 1 aromatic rings. The van der Waals surface area contributed by atoms with Crippen LogP contribution in [0.15, 0.2) is 18.2 Å². The number of aromatic carboxylic acids is 1. The molecule has 0 bridgehead atoms. The van der Waals surface area contributed by atoms with Gasteiger partial charge in [0.05, 0.1) is 5.56 Å². The molecular formula is C13H15NO2. The van der Waals surface area contributed by atoms with Gasteiger partial charge in [0, 0.05) is 18.8 Å². The maximum atomic E-state index is 10.9. The molecule has 1 aliphatic carbocycles. The summed E-state index contributed by atoms with van der Waals surface area (Å²) in [5.41, 5.74) is 2.85. The fraction of sp³-hybridized carbons (Fsp3) is 0.462. The molecule has 0 radical (unpaired) electrons. The average Bonchev–Trinajstić information content (AvgIpc) is 2.99. The minimum atomic E-state index is -0.832. The first-order valence-electron chi connectivity index (χ1n) is 5.85. The summed E-state index contributed by atoms with van der Waals surface area (Å²) in [4.78, 5) is 13.3. The van der Waals surface area contributed by atoms with Crippen LogP contribution in [0.4, 0.5) is 5.69 Å². The van der Waals surface area contributed by atoms with Crippen LogP contribution in [0.5, 0.6) is 0 Å². The fourth-order valence-corrected chi connectivity index (χ4v) is 2.38. The van der Waals surface area contributed by atoms with E-state index in [4.69, 9.17) is 5.11 Å². The van der Waals surface area contributed by atoms with Gasteiger partial charge in [0.2, 0.25) is 0 Å². The summed E-state index contributed by atoms with van der Waals surface area (Å²) in [5.74, 6) is 0.0144. The van der Waals surface area contributed by atoms with Crippen LogP contribution in [0.2, 0.25) is 0 Å². The summed E-state index contributed by atoms with van der Waals surface area (Å²) >= 11 is 0. The van der Waals surface area contributed by atoms with Crippen molar-refractivity contribution in [3.8, 4) is 0 Å². The Balaban J connectivity index is 1.89. The molecule has 1 N–H and O–H groups in total. The van der Waals surface area contributed by atoms with E-state index in [9.17, 15) is 4.79 Å². The Bertz CT molecular complexity index is 438. The summed E-state index contributed by atoms with van der Waals surface area (Å²) in [5, 5.41) is 8.98. The summed E-state index contributed by atoms with van der Waals surface area (Å²) in [6.45, 7) is 2.16. The molecule has 0 saturated heterocycles. The third-order valence-electron chi connectivity index (χ3n) is 3.50. The van der Waals surface area contributed by atoms with E-state index in [1.807, 2.05) is 12.1 Å². The lowest BCUT2D eigenvalue weighted by molar-refractivity contribution is 0.0697. The first-order valence-corrected chi connectivity index (χ1v) is 5.85. The van der Waals surface area contributed by atoms with Crippen molar-refractivity contribution in [2.75, 3.05) is 18.0 Å². The van der Waals surface area contributed by atoms with Gasteiger partial charge in [0.15, 0.2) is 0 Å². The average molecular weight is 217 g/mol. The van der Waals surface area contributed by atoms with Gasteiger partial charge in [0.25, 0.3) is 0 Å². The number of nitrogens with zero attached hydrogens (tertiary/aromatic N) is 1. The van der Waals surface area contributed by atoms with Crippen LogP contribution in [0.25, 0.3) is 0 Å². The van der Waals surface area contributed by atoms with Crippen LogP contribution in [0, 0.1) is 5.92 Å². The van der Waals surface area contributed by atoms with Crippen molar-refractivity contribution in [2.24, 2.45) is 5.92 Å². The second kappa shape index (κ2) is 3.51. The Morgan fingerprint density at radius 3 is 2.94 bits per heavy atom. The molecule has 1 aromatic carbocycles. The quantitative estimate of drug-likeness (QED) is 0.843. The Morgan fingerprint density at radius 1 is 1.44 bits per heavy atom. The zero-order valence-corrected chi connectivity index (χ0v) is 9.15. The molecule has 0 spiro atoms. The Kier molecular flexibility index (Phi) is 2.13. The van der Waals surface area contributed by atoms with E-state index in [0.29, 0.717) is 5.56 Å². The number of carboxylic acid groups (broad SMARTS) is 1. The second-order valence-electron chi connectivity index (χ2n) is 4.79. The van der Waals surface area contributed by atoms with E-state index >= 15 is 0 Å². The van der Waals surface area contributed by atoms with E-state index in [2.05, 4.69) is 4.90 Å². The topological polar surface area (TPSA) is 40.5 Å². The Hall–Kier alpha value is -1.51. The largest absolute Gasteiger partial charge is 0.478 e. The number of hydrogen-bond acceptors (Lipinski definition) is 2. The Labute approximate surface area is 94.7 Å². The summed E-state index contributed by atoms with van der Waals surface area (Å²) in [7, 11) is 0. The molecule has 2 aliphatic rings. The van der Waals surface area contributed by atoms with Crippen molar-refractivity contribution >= 4 is 11.7 Å². The van der Waals surface area contributed by atoms with Gasteiger partial charge in [-0.2, -0.15) is 0 Å². The molecule has 0 amide bonds. The predicted octanol–water partition coefficient (Wildman–Crippen LogP) is 2.16. The summed E-state index contributed by atoms with van der Waals surface area (Å²) in [6, 6.07) is 5.50. The van der Waals surface area contributed by atoms with Crippen molar-refractivity contribution in [1.29, 1.82) is 0 Å². The number of fused-ring (bicyclic) bond motifs is 1. The van der Waals surface area contributed by atoms with Gasteiger partial charge in [-0.05, 0) is 42.9 Å². The smallest absolute Gasteiger partial charge is 0.335 e. The minimum absolute atomic E-state index is 0.404. The molecule has 0 aromatic heterocycles. The van der Waals surface area contributed by atoms with Crippen molar-refractivity contribution in [3.05, 3.63) is 29.3 Å². The number of rotatable bonds is 3. The maximum Gasteiger partial charge on any atom is 0.335 e. The van der Waals surface area contributed by atoms with Crippen LogP contribution in [0.3, 0.4) is 0 Å². The summed E-state index contributed by atoms with van der Waals surface area (Å²) in [6.07, 6.45) is 3.73. The number of hydrogen-bond donors (Lipinski definition) is 1. The lowest BCUT2D eigenvalue weighted by Gasteiger charge is -2.19. The van der Waals surface area contributed by atoms with Crippen LogP contribution >= 0.6 is 0 Å². The van der Waals surface area contributed by atoms with Gasteiger partial charge in [-0.15, -0.1) is 0 Å². The van der Waals surface area contributed by atoms with Gasteiger partial charge in [-0.1, -0.05) is 6.07 Å². The van der Waals surface area contributed by atoms with E-state index in [1.54, 1.807) is 6.07 Å². The molecule has 16 heavy (non-hydrogen) atoms. The highest BCUT2D eigenvalue weighted by Crippen LogP contribution is 2.35. The zero-order valence-electron chi connectivity index (χ0n) is 9.15. The SMILES string of the molecule is O=C(O)c1ccc2c(c1)N(CC1CC1)CC2. The van der Waals surface area contributed by atoms with Crippen LogP contribution < -0.4 is 4.90 Å². The first kappa shape index (κ1) is 9.70. The van der Waals surface area contributed by atoms with Crippen LogP contribution in [-0.2, 0) is 6.42 Å². The normalized spacial score (nSPS) is 18.6. The number of carboxylic acids is 1. The van der Waals surface area contributed by atoms with Gasteiger partial charge < -0.3 is 10.0 Å². The van der Waals surface area contributed by atoms with E-state index < -0.39 is 5.97 Å². The molecule has 3 rings (SSSR count). The third kappa shape index (κ3) is 1.66. The molecule has 84 valence electrons. The highest BCUT2D eigenvalue weighted by Gasteiger charge is 2.28. The molecule has 1 fully saturated rings. The zero-order chi connectivity index (χ0) is 11.1. The molecule has 3 nitrogen and oxygen atoms in total. The van der Waals surface area contributed by atoms with E-state index in [1.165, 1.54) is 18.4 Å². The van der Waals surface area contributed by atoms with Gasteiger partial charge in [-0.3, -0.25) is 0 Å². The fourth-order valence-electron chi connectivity index (χ4n) is 2.38. The number of anilines is 1. The highest BCUT2D eigenvalue weighted by molar-refractivity contribution is 5.89. The van der Waals surface area contributed by atoms with Crippen molar-refractivity contribution in [3.63, 3.8) is 0 Å². The highest BCUT2D eigenvalue weighted by atomic mass is 16.4. The molecule has 3 heteroatoms. The third-order valence-corrected chi connectivity index (χ3v) is 3.50. The van der Waals surface area contributed by atoms with Crippen LogP contribution in [-0.4, -0.2) is 24.2 Å². The Morgan fingerprint density at radius 2 is 2.25 bits per heavy atom. The van der Waals surface area contributed by atoms with E-state index in [-0.39, 0.29) is 0 Å². The lowest BCUT2D eigenvalue weighted by atomic mass is 10.1. The monoisotopic (exact) mass is 217 g/mol.